The first-order chi connectivity index (χ1) is 7.96. The second-order valence-electron chi connectivity index (χ2n) is 3.37. The van der Waals surface area contributed by atoms with Crippen LogP contribution in [0, 0.1) is 0 Å². The summed E-state index contributed by atoms with van der Waals surface area (Å²) in [5.74, 6) is 0. The first-order valence-electron chi connectivity index (χ1n) is 4.74. The molecule has 17 heavy (non-hydrogen) atoms. The minimum Gasteiger partial charge on any atom is -0.726 e. The number of aryl methyl sites for hydroxylation is 1. The van der Waals surface area contributed by atoms with E-state index in [-0.39, 0.29) is 13.2 Å². The van der Waals surface area contributed by atoms with Crippen LogP contribution in [-0.4, -0.2) is 34.2 Å². The summed E-state index contributed by atoms with van der Waals surface area (Å²) >= 11 is 0. The van der Waals surface area contributed by atoms with Crippen molar-refractivity contribution in [2.45, 2.75) is 6.54 Å². The minimum absolute atomic E-state index is 0.169. The molecule has 9 heteroatoms. The average Bonchev–Trinajstić information content (AvgIpc) is 2.59. The lowest BCUT2D eigenvalue weighted by atomic mass is 10.5. The van der Waals surface area contributed by atoms with Gasteiger partial charge in [-0.05, 0) is 0 Å². The van der Waals surface area contributed by atoms with Crippen LogP contribution in [0.3, 0.4) is 0 Å². The Labute approximate surface area is 97.4 Å². The van der Waals surface area contributed by atoms with E-state index in [1.165, 1.54) is 4.68 Å². The second kappa shape index (κ2) is 4.35. The average molecular weight is 258 g/mol. The molecule has 92 valence electrons. The first kappa shape index (κ1) is 11.9. The van der Waals surface area contributed by atoms with Gasteiger partial charge in [-0.1, -0.05) is 4.68 Å². The van der Waals surface area contributed by atoms with Gasteiger partial charge in [0.1, 0.15) is 12.1 Å². The molecule has 2 heterocycles. The van der Waals surface area contributed by atoms with Crippen LogP contribution in [0.25, 0.3) is 11.2 Å². The van der Waals surface area contributed by atoms with E-state index in [4.69, 9.17) is 0 Å². The molecule has 8 nitrogen and oxygen atoms in total. The predicted molar refractivity (Wildman–Crippen MR) is 54.4 cm³/mol. The lowest BCUT2D eigenvalue weighted by molar-refractivity contribution is -0.752. The Balaban J connectivity index is 2.11. The molecule has 0 saturated heterocycles. The molecule has 0 aliphatic heterocycles. The molecule has 0 bridgehead atoms. The van der Waals surface area contributed by atoms with E-state index in [1.807, 2.05) is 0 Å². The molecule has 0 saturated carbocycles. The summed E-state index contributed by atoms with van der Waals surface area (Å²) in [6, 6.07) is 1.74. The Morgan fingerprint density at radius 2 is 2.35 bits per heavy atom. The van der Waals surface area contributed by atoms with Gasteiger partial charge in [0.15, 0.2) is 12.7 Å². The fraction of sp³-hybridized carbons (Fsp3) is 0.375. The molecule has 0 aliphatic rings. The third kappa shape index (κ3) is 2.96. The molecule has 0 unspecified atom stereocenters. The lowest BCUT2D eigenvalue weighted by Crippen LogP contribution is -2.40. The molecule has 0 aromatic carbocycles. The Hall–Kier alpha value is -1.58. The van der Waals surface area contributed by atoms with Crippen molar-refractivity contribution in [2.75, 3.05) is 6.61 Å². The summed E-state index contributed by atoms with van der Waals surface area (Å²) < 4.78 is 38.0. The highest BCUT2D eigenvalue weighted by molar-refractivity contribution is 7.80. The molecule has 0 atom stereocenters. The SMILES string of the molecule is Cn1cnc2cc[n+](CCOS(=O)(=O)[O-])nc21. The van der Waals surface area contributed by atoms with Crippen LogP contribution < -0.4 is 4.68 Å². The fourth-order valence-corrected chi connectivity index (χ4v) is 1.63. The summed E-state index contributed by atoms with van der Waals surface area (Å²) in [7, 11) is -2.85. The number of hydrogen-bond acceptors (Lipinski definition) is 6. The molecule has 2 rings (SSSR count). The van der Waals surface area contributed by atoms with Gasteiger partial charge in [0.2, 0.25) is 16.0 Å². The number of aromatic nitrogens is 4. The highest BCUT2D eigenvalue weighted by atomic mass is 32.3. The molecule has 0 N–H and O–H groups in total. The van der Waals surface area contributed by atoms with Gasteiger partial charge in [-0.25, -0.2) is 13.4 Å². The maximum Gasteiger partial charge on any atom is 0.227 e. The summed E-state index contributed by atoms with van der Waals surface area (Å²) in [5.41, 5.74) is 1.40. The molecular weight excluding hydrogens is 248 g/mol. The zero-order chi connectivity index (χ0) is 12.5. The van der Waals surface area contributed by atoms with Crippen LogP contribution in [0.2, 0.25) is 0 Å². The van der Waals surface area contributed by atoms with Crippen LogP contribution in [0.15, 0.2) is 18.6 Å². The third-order valence-corrected chi connectivity index (χ3v) is 2.56. The molecule has 2 aromatic rings. The summed E-state index contributed by atoms with van der Waals surface area (Å²) in [6.45, 7) is -0.0740. The van der Waals surface area contributed by atoms with Crippen LogP contribution >= 0.6 is 0 Å². The molecule has 0 amide bonds. The lowest BCUT2D eigenvalue weighted by Gasteiger charge is -2.04. The monoisotopic (exact) mass is 258 g/mol. The first-order valence-corrected chi connectivity index (χ1v) is 6.07. The largest absolute Gasteiger partial charge is 0.726 e. The van der Waals surface area contributed by atoms with Crippen molar-refractivity contribution < 1.29 is 21.8 Å². The Kier molecular flexibility index (Phi) is 3.05. The molecule has 0 aliphatic carbocycles. The van der Waals surface area contributed by atoms with Crippen molar-refractivity contribution in [3.05, 3.63) is 18.6 Å². The molecule has 0 radical (unpaired) electrons. The molecule has 0 spiro atoms. The molecule has 0 fully saturated rings. The van der Waals surface area contributed by atoms with Crippen molar-refractivity contribution >= 4 is 21.6 Å². The quantitative estimate of drug-likeness (QED) is 0.385. The number of fused-ring (bicyclic) bond motifs is 1. The number of nitrogens with zero attached hydrogens (tertiary/aromatic N) is 4. The van der Waals surface area contributed by atoms with E-state index in [1.54, 1.807) is 30.2 Å². The molecular formula is C8H10N4O4S. The van der Waals surface area contributed by atoms with Crippen molar-refractivity contribution in [3.8, 4) is 0 Å². The van der Waals surface area contributed by atoms with Gasteiger partial charge in [-0.2, -0.15) is 0 Å². The number of rotatable bonds is 4. The fourth-order valence-electron chi connectivity index (χ4n) is 1.35. The minimum atomic E-state index is -4.64. The smallest absolute Gasteiger partial charge is 0.227 e. The van der Waals surface area contributed by atoms with Gasteiger partial charge in [0, 0.05) is 18.2 Å². The van der Waals surface area contributed by atoms with Crippen molar-refractivity contribution in [1.29, 1.82) is 0 Å². The normalized spacial score (nSPS) is 12.1. The zero-order valence-electron chi connectivity index (χ0n) is 8.98. The summed E-state index contributed by atoms with van der Waals surface area (Å²) in [5, 5.41) is 4.19. The Morgan fingerprint density at radius 3 is 3.06 bits per heavy atom. The van der Waals surface area contributed by atoms with Crippen LogP contribution in [0.1, 0.15) is 0 Å². The van der Waals surface area contributed by atoms with Crippen LogP contribution in [-0.2, 0) is 28.2 Å². The van der Waals surface area contributed by atoms with Gasteiger partial charge < -0.3 is 9.12 Å². The van der Waals surface area contributed by atoms with Gasteiger partial charge >= 0.3 is 0 Å². The van der Waals surface area contributed by atoms with E-state index in [0.29, 0.717) is 5.65 Å². The van der Waals surface area contributed by atoms with E-state index >= 15 is 0 Å². The van der Waals surface area contributed by atoms with Crippen molar-refractivity contribution in [3.63, 3.8) is 0 Å². The van der Waals surface area contributed by atoms with E-state index in [9.17, 15) is 13.0 Å². The maximum atomic E-state index is 10.2. The van der Waals surface area contributed by atoms with Crippen LogP contribution in [0.5, 0.6) is 0 Å². The van der Waals surface area contributed by atoms with E-state index < -0.39 is 10.4 Å². The highest BCUT2D eigenvalue weighted by Crippen LogP contribution is 2.03. The predicted octanol–water partition coefficient (Wildman–Crippen LogP) is -1.27. The van der Waals surface area contributed by atoms with Gasteiger partial charge in [0.05, 0.1) is 6.33 Å². The van der Waals surface area contributed by atoms with Gasteiger partial charge in [-0.15, -0.1) is 0 Å². The van der Waals surface area contributed by atoms with E-state index in [0.717, 1.165) is 5.52 Å². The topological polar surface area (TPSA) is 101 Å². The highest BCUT2D eigenvalue weighted by Gasteiger charge is 2.09. The third-order valence-electron chi connectivity index (χ3n) is 2.11. The Morgan fingerprint density at radius 1 is 1.59 bits per heavy atom. The number of hydrogen-bond donors (Lipinski definition) is 0. The van der Waals surface area contributed by atoms with Gasteiger partial charge in [0.25, 0.3) is 0 Å². The number of imidazole rings is 1. The standard InChI is InChI=1S/C8H10N4O4S/c1-11-6-9-7-2-3-12(10-8(7)11)4-5-16-17(13,14)15/h2-3,6H,4-5H2,1H3. The second-order valence-corrected chi connectivity index (χ2v) is 4.43. The van der Waals surface area contributed by atoms with Crippen molar-refractivity contribution in [1.82, 2.24) is 14.6 Å². The van der Waals surface area contributed by atoms with Crippen molar-refractivity contribution in [2.24, 2.45) is 7.05 Å². The Bertz CT molecular complexity index is 636. The molecule has 2 aromatic heterocycles. The summed E-state index contributed by atoms with van der Waals surface area (Å²) in [6.07, 6.45) is 3.26. The van der Waals surface area contributed by atoms with E-state index in [2.05, 4.69) is 14.3 Å². The zero-order valence-corrected chi connectivity index (χ0v) is 9.79. The van der Waals surface area contributed by atoms with Crippen LogP contribution in [0.4, 0.5) is 0 Å². The van der Waals surface area contributed by atoms with Gasteiger partial charge in [-0.3, -0.25) is 4.18 Å². The summed E-state index contributed by atoms with van der Waals surface area (Å²) in [4.78, 5) is 4.09. The maximum absolute atomic E-state index is 10.2.